The van der Waals surface area contributed by atoms with Crippen LogP contribution in [0.15, 0.2) is 18.2 Å². The molecule has 2 unspecified atom stereocenters. The summed E-state index contributed by atoms with van der Waals surface area (Å²) >= 11 is 0. The molecule has 2 atom stereocenters. The molecular formula is C16H18F3NO2. The molecular weight excluding hydrogens is 295 g/mol. The lowest BCUT2D eigenvalue weighted by atomic mass is 9.84. The lowest BCUT2D eigenvalue weighted by Crippen LogP contribution is -2.42. The first-order valence-corrected chi connectivity index (χ1v) is 7.47. The summed E-state index contributed by atoms with van der Waals surface area (Å²) in [6, 6.07) is 4.22. The zero-order valence-electron chi connectivity index (χ0n) is 12.3. The second kappa shape index (κ2) is 5.91. The van der Waals surface area contributed by atoms with Gasteiger partial charge in [-0.3, -0.25) is 4.79 Å². The van der Waals surface area contributed by atoms with Crippen molar-refractivity contribution in [3.8, 4) is 5.75 Å². The van der Waals surface area contributed by atoms with Crippen LogP contribution in [0.2, 0.25) is 0 Å². The molecule has 0 spiro atoms. The molecule has 2 heterocycles. The molecule has 2 aliphatic rings. The second-order valence-electron chi connectivity index (χ2n) is 6.07. The van der Waals surface area contributed by atoms with Crippen LogP contribution in [-0.4, -0.2) is 36.4 Å². The summed E-state index contributed by atoms with van der Waals surface area (Å²) in [6.45, 7) is -3.08. The van der Waals surface area contributed by atoms with Crippen molar-refractivity contribution in [3.05, 3.63) is 29.6 Å². The van der Waals surface area contributed by atoms with Crippen LogP contribution in [0, 0.1) is 11.7 Å². The average molecular weight is 313 g/mol. The molecule has 120 valence electrons. The van der Waals surface area contributed by atoms with Crippen molar-refractivity contribution in [3.63, 3.8) is 0 Å². The van der Waals surface area contributed by atoms with E-state index in [1.165, 1.54) is 12.1 Å². The van der Waals surface area contributed by atoms with E-state index >= 15 is 0 Å². The second-order valence-corrected chi connectivity index (χ2v) is 6.07. The van der Waals surface area contributed by atoms with Gasteiger partial charge >= 0.3 is 6.61 Å². The molecule has 2 bridgehead atoms. The Labute approximate surface area is 127 Å². The Morgan fingerprint density at radius 3 is 2.50 bits per heavy atom. The Morgan fingerprint density at radius 1 is 1.27 bits per heavy atom. The number of halogens is 3. The number of benzene rings is 1. The number of ether oxygens (including phenoxy) is 1. The highest BCUT2D eigenvalue weighted by Gasteiger charge is 2.42. The molecule has 6 heteroatoms. The molecule has 0 saturated carbocycles. The summed E-state index contributed by atoms with van der Waals surface area (Å²) in [5.41, 5.74) is -0.336. The highest BCUT2D eigenvalue weighted by atomic mass is 19.3. The van der Waals surface area contributed by atoms with Gasteiger partial charge in [-0.05, 0) is 44.9 Å². The van der Waals surface area contributed by atoms with E-state index in [0.29, 0.717) is 24.9 Å². The molecule has 2 aliphatic heterocycles. The lowest BCUT2D eigenvalue weighted by Gasteiger charge is -2.35. The maximum atomic E-state index is 14.0. The Balaban J connectivity index is 1.86. The van der Waals surface area contributed by atoms with Gasteiger partial charge in [0.2, 0.25) is 0 Å². The summed E-state index contributed by atoms with van der Waals surface area (Å²) in [4.78, 5) is 14.9. The molecule has 0 radical (unpaired) electrons. The van der Waals surface area contributed by atoms with Crippen molar-refractivity contribution in [1.29, 1.82) is 0 Å². The monoisotopic (exact) mass is 313 g/mol. The molecule has 2 fully saturated rings. The van der Waals surface area contributed by atoms with Crippen molar-refractivity contribution >= 4 is 5.78 Å². The number of piperidine rings is 1. The first-order chi connectivity index (χ1) is 10.5. The van der Waals surface area contributed by atoms with Crippen molar-refractivity contribution in [2.45, 2.75) is 44.4 Å². The number of rotatable bonds is 4. The average Bonchev–Trinajstić information content (AvgIpc) is 2.68. The van der Waals surface area contributed by atoms with Gasteiger partial charge in [0.15, 0.2) is 5.78 Å². The molecule has 3 nitrogen and oxygen atoms in total. The third kappa shape index (κ3) is 2.72. The Hall–Kier alpha value is -1.56. The summed E-state index contributed by atoms with van der Waals surface area (Å²) in [5, 5.41) is 0. The van der Waals surface area contributed by atoms with Crippen molar-refractivity contribution < 1.29 is 22.7 Å². The van der Waals surface area contributed by atoms with Crippen LogP contribution in [-0.2, 0) is 0 Å². The highest BCUT2D eigenvalue weighted by molar-refractivity contribution is 6.00. The predicted octanol–water partition coefficient (Wildman–Crippen LogP) is 3.48. The predicted molar refractivity (Wildman–Crippen MR) is 74.7 cm³/mol. The van der Waals surface area contributed by atoms with Crippen molar-refractivity contribution in [2.75, 3.05) is 7.05 Å². The van der Waals surface area contributed by atoms with Gasteiger partial charge in [-0.2, -0.15) is 8.78 Å². The number of hydrogen-bond acceptors (Lipinski definition) is 3. The van der Waals surface area contributed by atoms with Gasteiger partial charge in [-0.25, -0.2) is 4.39 Å². The van der Waals surface area contributed by atoms with Gasteiger partial charge in [-0.1, -0.05) is 6.07 Å². The molecule has 1 aromatic rings. The van der Waals surface area contributed by atoms with Crippen LogP contribution in [0.1, 0.15) is 36.0 Å². The Bertz CT molecular complexity index is 565. The topological polar surface area (TPSA) is 29.5 Å². The van der Waals surface area contributed by atoms with E-state index in [0.717, 1.165) is 18.9 Å². The van der Waals surface area contributed by atoms with Gasteiger partial charge in [0.1, 0.15) is 11.6 Å². The van der Waals surface area contributed by atoms with E-state index in [-0.39, 0.29) is 17.2 Å². The molecule has 0 aromatic heterocycles. The highest BCUT2D eigenvalue weighted by Crippen LogP contribution is 2.40. The molecule has 0 aliphatic carbocycles. The van der Waals surface area contributed by atoms with Crippen LogP contribution >= 0.6 is 0 Å². The van der Waals surface area contributed by atoms with E-state index in [2.05, 4.69) is 9.64 Å². The van der Waals surface area contributed by atoms with Crippen LogP contribution in [0.4, 0.5) is 13.2 Å². The number of carbonyl (C=O) groups is 1. The Kier molecular flexibility index (Phi) is 4.12. The molecule has 0 amide bonds. The first kappa shape index (κ1) is 15.3. The van der Waals surface area contributed by atoms with Crippen molar-refractivity contribution in [2.24, 2.45) is 5.92 Å². The summed E-state index contributed by atoms with van der Waals surface area (Å²) in [5.74, 6) is -1.91. The van der Waals surface area contributed by atoms with E-state index in [4.69, 9.17) is 0 Å². The van der Waals surface area contributed by atoms with Crippen LogP contribution in [0.3, 0.4) is 0 Å². The van der Waals surface area contributed by atoms with Gasteiger partial charge in [0.25, 0.3) is 0 Å². The zero-order chi connectivity index (χ0) is 15.9. The fraction of sp³-hybridized carbons (Fsp3) is 0.562. The number of hydrogen-bond donors (Lipinski definition) is 0. The molecule has 0 N–H and O–H groups in total. The maximum Gasteiger partial charge on any atom is 0.387 e. The zero-order valence-corrected chi connectivity index (χ0v) is 12.3. The maximum absolute atomic E-state index is 14.0. The number of nitrogens with zero attached hydrogens (tertiary/aromatic N) is 1. The largest absolute Gasteiger partial charge is 0.434 e. The number of fused-ring (bicyclic) bond motifs is 2. The van der Waals surface area contributed by atoms with Gasteiger partial charge in [-0.15, -0.1) is 0 Å². The third-order valence-electron chi connectivity index (χ3n) is 4.91. The van der Waals surface area contributed by atoms with E-state index in [9.17, 15) is 18.0 Å². The minimum absolute atomic E-state index is 0.318. The first-order valence-electron chi connectivity index (χ1n) is 7.47. The van der Waals surface area contributed by atoms with Crippen LogP contribution in [0.5, 0.6) is 5.75 Å². The van der Waals surface area contributed by atoms with Gasteiger partial charge < -0.3 is 9.64 Å². The van der Waals surface area contributed by atoms with Gasteiger partial charge in [0.05, 0.1) is 5.56 Å². The summed E-state index contributed by atoms with van der Waals surface area (Å²) < 4.78 is 43.3. The normalized spacial score (nSPS) is 28.1. The number of carbonyl (C=O) groups excluding carboxylic acids is 1. The fourth-order valence-electron chi connectivity index (χ4n) is 3.77. The molecule has 22 heavy (non-hydrogen) atoms. The minimum Gasteiger partial charge on any atom is -0.434 e. The number of alkyl halides is 2. The smallest absolute Gasteiger partial charge is 0.387 e. The number of Topliss-reactive ketones (excluding diaryl/α,β-unsaturated/α-hetero) is 1. The number of ketones is 1. The third-order valence-corrected chi connectivity index (χ3v) is 4.91. The fourth-order valence-corrected chi connectivity index (χ4v) is 3.77. The summed E-state index contributed by atoms with van der Waals surface area (Å²) in [7, 11) is 2.04. The molecule has 2 saturated heterocycles. The Morgan fingerprint density at radius 2 is 1.91 bits per heavy atom. The van der Waals surface area contributed by atoms with Gasteiger partial charge in [0, 0.05) is 18.0 Å². The SMILES string of the molecule is CN1C2CCC1CC(C(=O)c1c(F)cccc1OC(F)F)C2. The molecule has 1 aromatic carbocycles. The van der Waals surface area contributed by atoms with Crippen LogP contribution < -0.4 is 4.74 Å². The quantitative estimate of drug-likeness (QED) is 0.797. The van der Waals surface area contributed by atoms with Crippen LogP contribution in [0.25, 0.3) is 0 Å². The standard InChI is InChI=1S/C16H18F3NO2/c1-20-10-5-6-11(20)8-9(7-10)15(21)14-12(17)3-2-4-13(14)22-16(18)19/h2-4,9-11,16H,5-8H2,1H3. The van der Waals surface area contributed by atoms with E-state index < -0.39 is 18.2 Å². The minimum atomic E-state index is -3.08. The van der Waals surface area contributed by atoms with E-state index in [1.54, 1.807) is 0 Å². The van der Waals surface area contributed by atoms with Crippen molar-refractivity contribution in [1.82, 2.24) is 4.90 Å². The van der Waals surface area contributed by atoms with E-state index in [1.807, 2.05) is 7.05 Å². The lowest BCUT2D eigenvalue weighted by molar-refractivity contribution is -0.0504. The molecule has 3 rings (SSSR count). The summed E-state index contributed by atoms with van der Waals surface area (Å²) in [6.07, 6.45) is 3.35.